The molecule has 128 valence electrons. The van der Waals surface area contributed by atoms with Crippen LogP contribution in [0.15, 0.2) is 34.9 Å². The maximum atomic E-state index is 13.0. The van der Waals surface area contributed by atoms with Crippen LogP contribution in [0.5, 0.6) is 0 Å². The summed E-state index contributed by atoms with van der Waals surface area (Å²) in [6, 6.07) is 0. The van der Waals surface area contributed by atoms with Crippen LogP contribution in [0.25, 0.3) is 0 Å². The normalized spacial score (nSPS) is 49.0. The van der Waals surface area contributed by atoms with Gasteiger partial charge in [-0.25, -0.2) is 4.89 Å². The van der Waals surface area contributed by atoms with Gasteiger partial charge in [-0.2, -0.15) is 4.89 Å². The molecule has 0 aromatic carbocycles. The summed E-state index contributed by atoms with van der Waals surface area (Å²) < 4.78 is 6.25. The molecule has 2 spiro atoms. The maximum absolute atomic E-state index is 13.0. The number of rotatable bonds is 1. The van der Waals surface area contributed by atoms with Crippen molar-refractivity contribution in [2.24, 2.45) is 23.7 Å². The summed E-state index contributed by atoms with van der Waals surface area (Å²) in [7, 11) is 0. The van der Waals surface area contributed by atoms with Crippen molar-refractivity contribution >= 4 is 5.78 Å². The van der Waals surface area contributed by atoms with Gasteiger partial charge in [0.15, 0.2) is 5.78 Å². The molecule has 3 aliphatic heterocycles. The van der Waals surface area contributed by atoms with Gasteiger partial charge < -0.3 is 4.74 Å². The molecule has 0 N–H and O–H groups in total. The van der Waals surface area contributed by atoms with Gasteiger partial charge in [0.2, 0.25) is 5.79 Å². The van der Waals surface area contributed by atoms with Crippen LogP contribution >= 0.6 is 0 Å². The summed E-state index contributed by atoms with van der Waals surface area (Å²) >= 11 is 0. The largest absolute Gasteiger partial charge is 0.341 e. The number of fused-ring (bicyclic) bond motifs is 2. The molecule has 6 aliphatic rings. The van der Waals surface area contributed by atoms with E-state index in [2.05, 4.69) is 26.5 Å². The van der Waals surface area contributed by atoms with Crippen molar-refractivity contribution in [2.45, 2.75) is 51.4 Å². The van der Waals surface area contributed by atoms with E-state index in [0.29, 0.717) is 18.9 Å². The molecule has 4 heteroatoms. The highest BCUT2D eigenvalue weighted by Crippen LogP contribution is 2.65. The van der Waals surface area contributed by atoms with Gasteiger partial charge in [0.25, 0.3) is 0 Å². The number of carbonyl (C=O) groups excluding carboxylic acids is 1. The van der Waals surface area contributed by atoms with Gasteiger partial charge in [0, 0.05) is 23.0 Å². The molecular weight excluding hydrogens is 304 g/mol. The lowest BCUT2D eigenvalue weighted by molar-refractivity contribution is -0.542. The first-order valence-corrected chi connectivity index (χ1v) is 9.02. The second-order valence-corrected chi connectivity index (χ2v) is 8.41. The molecule has 1 saturated carbocycles. The van der Waals surface area contributed by atoms with Crippen LogP contribution < -0.4 is 0 Å². The smallest absolute Gasteiger partial charge is 0.227 e. The highest BCUT2D eigenvalue weighted by molar-refractivity contribution is 6.09. The van der Waals surface area contributed by atoms with Crippen molar-refractivity contribution in [3.05, 3.63) is 34.9 Å². The molecule has 3 heterocycles. The molecule has 6 unspecified atom stereocenters. The number of hydrogen-bond acceptors (Lipinski definition) is 4. The van der Waals surface area contributed by atoms with Gasteiger partial charge in [-0.05, 0) is 50.5 Å². The standard InChI is InChI=1S/C20H24O4/c1-10(2)13-5-6-19-9-22-20(24-23-19)12(4)8-15-17(20)16(19)14(13)7-11(3)18(15)21/h7,12-14,16H,1,5-6,8-9H2,2-4H3. The zero-order valence-electron chi connectivity index (χ0n) is 14.6. The van der Waals surface area contributed by atoms with Gasteiger partial charge in [0.1, 0.15) is 5.60 Å². The third-order valence-corrected chi connectivity index (χ3v) is 7.04. The number of hydrogen-bond donors (Lipinski definition) is 0. The van der Waals surface area contributed by atoms with Gasteiger partial charge >= 0.3 is 0 Å². The average molecular weight is 328 g/mol. The fraction of sp³-hybridized carbons (Fsp3) is 0.650. The molecular formula is C20H24O4. The van der Waals surface area contributed by atoms with E-state index in [1.54, 1.807) is 0 Å². The first-order valence-electron chi connectivity index (χ1n) is 9.02. The fourth-order valence-electron chi connectivity index (χ4n) is 5.85. The molecule has 0 aromatic heterocycles. The Bertz CT molecular complexity index is 720. The lowest BCUT2D eigenvalue weighted by Crippen LogP contribution is -2.68. The second kappa shape index (κ2) is 4.48. The van der Waals surface area contributed by atoms with Crippen LogP contribution in [0.1, 0.15) is 40.0 Å². The molecule has 4 nitrogen and oxygen atoms in total. The van der Waals surface area contributed by atoms with Crippen molar-refractivity contribution in [3.8, 4) is 0 Å². The van der Waals surface area contributed by atoms with Crippen LogP contribution in [0.2, 0.25) is 0 Å². The number of ether oxygens (including phenoxy) is 1. The summed E-state index contributed by atoms with van der Waals surface area (Å²) in [5.74, 6) is 0.193. The predicted octanol–water partition coefficient (Wildman–Crippen LogP) is 3.50. The summed E-state index contributed by atoms with van der Waals surface area (Å²) in [6.07, 6.45) is 4.77. The van der Waals surface area contributed by atoms with Crippen molar-refractivity contribution in [1.29, 1.82) is 0 Å². The molecule has 2 bridgehead atoms. The molecule has 6 rings (SSSR count). The van der Waals surface area contributed by atoms with E-state index < -0.39 is 11.4 Å². The minimum absolute atomic E-state index is 0.0986. The van der Waals surface area contributed by atoms with Crippen molar-refractivity contribution < 1.29 is 19.3 Å². The number of ketones is 1. The van der Waals surface area contributed by atoms with E-state index in [-0.39, 0.29) is 23.5 Å². The Hall–Kier alpha value is -1.23. The zero-order valence-corrected chi connectivity index (χ0v) is 14.6. The van der Waals surface area contributed by atoms with Crippen LogP contribution in [-0.4, -0.2) is 23.8 Å². The molecule has 4 fully saturated rings. The number of carbonyl (C=O) groups is 1. The molecule has 6 atom stereocenters. The Morgan fingerprint density at radius 3 is 2.83 bits per heavy atom. The molecule has 0 aromatic rings. The Morgan fingerprint density at radius 1 is 1.38 bits per heavy atom. The second-order valence-electron chi connectivity index (χ2n) is 8.41. The van der Waals surface area contributed by atoms with Crippen molar-refractivity contribution in [2.75, 3.05) is 6.61 Å². The van der Waals surface area contributed by atoms with Gasteiger partial charge in [-0.15, -0.1) is 0 Å². The Balaban J connectivity index is 1.78. The lowest BCUT2D eigenvalue weighted by atomic mass is 9.58. The van der Waals surface area contributed by atoms with E-state index >= 15 is 0 Å². The van der Waals surface area contributed by atoms with E-state index in [1.165, 1.54) is 5.57 Å². The highest BCUT2D eigenvalue weighted by Gasteiger charge is 2.70. The van der Waals surface area contributed by atoms with Crippen LogP contribution in [0.4, 0.5) is 0 Å². The highest BCUT2D eigenvalue weighted by atomic mass is 17.3. The monoisotopic (exact) mass is 328 g/mol. The molecule has 0 amide bonds. The van der Waals surface area contributed by atoms with E-state index in [1.807, 2.05) is 6.92 Å². The predicted molar refractivity (Wildman–Crippen MR) is 87.7 cm³/mol. The van der Waals surface area contributed by atoms with E-state index in [4.69, 9.17) is 14.5 Å². The van der Waals surface area contributed by atoms with Gasteiger partial charge in [0.05, 0.1) is 6.61 Å². The van der Waals surface area contributed by atoms with Gasteiger partial charge in [-0.3, -0.25) is 4.79 Å². The lowest BCUT2D eigenvalue weighted by Gasteiger charge is -2.61. The Kier molecular flexibility index (Phi) is 2.81. The molecule has 3 aliphatic carbocycles. The summed E-state index contributed by atoms with van der Waals surface area (Å²) in [5.41, 5.74) is 3.59. The van der Waals surface area contributed by atoms with Crippen molar-refractivity contribution in [3.63, 3.8) is 0 Å². The summed E-state index contributed by atoms with van der Waals surface area (Å²) in [4.78, 5) is 24.9. The third-order valence-electron chi connectivity index (χ3n) is 7.04. The molecule has 24 heavy (non-hydrogen) atoms. The fourth-order valence-corrected chi connectivity index (χ4v) is 5.85. The number of Topliss-reactive ketones (excluding diaryl/α,β-unsaturated/α-hetero) is 1. The topological polar surface area (TPSA) is 44.8 Å². The maximum Gasteiger partial charge on any atom is 0.227 e. The van der Waals surface area contributed by atoms with Crippen LogP contribution in [0, 0.1) is 23.7 Å². The Morgan fingerprint density at radius 2 is 2.17 bits per heavy atom. The summed E-state index contributed by atoms with van der Waals surface area (Å²) in [6.45, 7) is 10.9. The zero-order chi connectivity index (χ0) is 16.9. The first-order chi connectivity index (χ1) is 11.4. The number of allylic oxidation sites excluding steroid dienone is 4. The summed E-state index contributed by atoms with van der Waals surface area (Å²) in [5, 5.41) is 0. The quantitative estimate of drug-likeness (QED) is 0.546. The van der Waals surface area contributed by atoms with E-state index in [9.17, 15) is 4.79 Å². The van der Waals surface area contributed by atoms with E-state index in [0.717, 1.165) is 29.6 Å². The van der Waals surface area contributed by atoms with Crippen LogP contribution in [0.3, 0.4) is 0 Å². The minimum Gasteiger partial charge on any atom is -0.341 e. The van der Waals surface area contributed by atoms with Crippen molar-refractivity contribution in [1.82, 2.24) is 0 Å². The average Bonchev–Trinajstić information content (AvgIpc) is 2.80. The first kappa shape index (κ1) is 15.1. The Labute approximate surface area is 142 Å². The molecule has 3 saturated heterocycles. The molecule has 0 radical (unpaired) electrons. The van der Waals surface area contributed by atoms with Gasteiger partial charge in [-0.1, -0.05) is 25.2 Å². The third kappa shape index (κ3) is 1.53. The SMILES string of the molecule is C=C(C)C1CCC23COC4(OO2)C2=C(CC4C)C(=O)C(C)=CC1C23. The van der Waals surface area contributed by atoms with Crippen LogP contribution in [-0.2, 0) is 19.3 Å². The minimum atomic E-state index is -0.856.